The number of hydrogen-bond donors (Lipinski definition) is 1. The Morgan fingerprint density at radius 2 is 1.96 bits per heavy atom. The van der Waals surface area contributed by atoms with Crippen molar-refractivity contribution in [3.63, 3.8) is 0 Å². The summed E-state index contributed by atoms with van der Waals surface area (Å²) < 4.78 is 13.7. The number of hydrogen-bond acceptors (Lipinski definition) is 2. The number of piperidine rings is 1. The first kappa shape index (κ1) is 19.8. The molecule has 0 aromatic heterocycles. The second-order valence-corrected chi connectivity index (χ2v) is 7.25. The number of halogens is 1. The first-order valence-electron chi connectivity index (χ1n) is 9.48. The minimum Gasteiger partial charge on any atom is -0.352 e. The Morgan fingerprint density at radius 3 is 2.64 bits per heavy atom. The predicted octanol–water partition coefficient (Wildman–Crippen LogP) is 3.68. The summed E-state index contributed by atoms with van der Waals surface area (Å²) in [6.45, 7) is 6.61. The Labute approximate surface area is 165 Å². The molecule has 28 heavy (non-hydrogen) atoms. The number of amides is 2. The Hall–Kier alpha value is -2.95. The molecular weight excluding hydrogens is 355 g/mol. The van der Waals surface area contributed by atoms with Gasteiger partial charge in [0.2, 0.25) is 5.91 Å². The van der Waals surface area contributed by atoms with Crippen molar-refractivity contribution in [3.05, 3.63) is 83.7 Å². The van der Waals surface area contributed by atoms with Crippen LogP contribution >= 0.6 is 0 Å². The van der Waals surface area contributed by atoms with Crippen LogP contribution < -0.4 is 5.32 Å². The molecule has 1 N–H and O–H groups in total. The molecule has 1 aliphatic heterocycles. The van der Waals surface area contributed by atoms with E-state index in [4.69, 9.17) is 0 Å². The zero-order valence-electron chi connectivity index (χ0n) is 16.0. The molecule has 0 aliphatic carbocycles. The summed E-state index contributed by atoms with van der Waals surface area (Å²) in [4.78, 5) is 27.3. The monoisotopic (exact) mass is 380 g/mol. The SMILES string of the molecule is C=CCNC(=O)[C@@H]1C[C@H](c2ccc(F)c(C)c2)CN(C(=O)c2ccccc2)C1. The van der Waals surface area contributed by atoms with Gasteiger partial charge in [0, 0.05) is 31.1 Å². The minimum absolute atomic E-state index is 0.0276. The number of nitrogens with zero attached hydrogens (tertiary/aromatic N) is 1. The third kappa shape index (κ3) is 4.47. The smallest absolute Gasteiger partial charge is 0.253 e. The fraction of sp³-hybridized carbons (Fsp3) is 0.304. The highest BCUT2D eigenvalue weighted by Crippen LogP contribution is 2.32. The molecule has 5 heteroatoms. The summed E-state index contributed by atoms with van der Waals surface area (Å²) in [6, 6.07) is 14.1. The molecule has 2 amide bonds. The number of carbonyl (C=O) groups excluding carboxylic acids is 2. The van der Waals surface area contributed by atoms with E-state index in [1.54, 1.807) is 36.1 Å². The molecule has 146 valence electrons. The highest BCUT2D eigenvalue weighted by molar-refractivity contribution is 5.94. The van der Waals surface area contributed by atoms with Crippen LogP contribution in [-0.4, -0.2) is 36.3 Å². The average Bonchev–Trinajstić information content (AvgIpc) is 2.73. The van der Waals surface area contributed by atoms with Gasteiger partial charge < -0.3 is 10.2 Å². The molecule has 1 fully saturated rings. The standard InChI is InChI=1S/C23H25FN2O2/c1-3-11-25-22(27)20-13-19(18-9-10-21(24)16(2)12-18)14-26(15-20)23(28)17-7-5-4-6-8-17/h3-10,12,19-20H,1,11,13-15H2,2H3,(H,25,27)/t19-,20+/m0/s1. The first-order chi connectivity index (χ1) is 13.5. The van der Waals surface area contributed by atoms with Crippen LogP contribution in [0.25, 0.3) is 0 Å². The highest BCUT2D eigenvalue weighted by Gasteiger charge is 2.34. The summed E-state index contributed by atoms with van der Waals surface area (Å²) >= 11 is 0. The number of carbonyl (C=O) groups is 2. The van der Waals surface area contributed by atoms with Gasteiger partial charge in [-0.1, -0.05) is 36.4 Å². The van der Waals surface area contributed by atoms with Crippen molar-refractivity contribution >= 4 is 11.8 Å². The maximum Gasteiger partial charge on any atom is 0.253 e. The molecular formula is C23H25FN2O2. The van der Waals surface area contributed by atoms with Gasteiger partial charge in [-0.05, 0) is 42.7 Å². The van der Waals surface area contributed by atoms with E-state index in [0.717, 1.165) is 5.56 Å². The van der Waals surface area contributed by atoms with Gasteiger partial charge >= 0.3 is 0 Å². The molecule has 4 nitrogen and oxygen atoms in total. The van der Waals surface area contributed by atoms with E-state index in [2.05, 4.69) is 11.9 Å². The Morgan fingerprint density at radius 1 is 1.21 bits per heavy atom. The highest BCUT2D eigenvalue weighted by atomic mass is 19.1. The van der Waals surface area contributed by atoms with Crippen molar-refractivity contribution < 1.29 is 14.0 Å². The molecule has 0 saturated carbocycles. The van der Waals surface area contributed by atoms with E-state index in [1.165, 1.54) is 6.07 Å². The molecule has 2 aromatic carbocycles. The fourth-order valence-corrected chi connectivity index (χ4v) is 3.70. The summed E-state index contributed by atoms with van der Waals surface area (Å²) in [5, 5.41) is 2.84. The van der Waals surface area contributed by atoms with E-state index >= 15 is 0 Å². The van der Waals surface area contributed by atoms with Crippen LogP contribution in [0.3, 0.4) is 0 Å². The zero-order chi connectivity index (χ0) is 20.1. The Balaban J connectivity index is 1.87. The molecule has 0 unspecified atom stereocenters. The molecule has 2 atom stereocenters. The predicted molar refractivity (Wildman–Crippen MR) is 108 cm³/mol. The largest absolute Gasteiger partial charge is 0.352 e. The van der Waals surface area contributed by atoms with E-state index < -0.39 is 0 Å². The quantitative estimate of drug-likeness (QED) is 0.805. The Kier molecular flexibility index (Phi) is 6.24. The van der Waals surface area contributed by atoms with Gasteiger partial charge in [0.25, 0.3) is 5.91 Å². The molecule has 3 rings (SSSR count). The lowest BCUT2D eigenvalue weighted by molar-refractivity contribution is -0.126. The van der Waals surface area contributed by atoms with Crippen LogP contribution in [0, 0.1) is 18.7 Å². The zero-order valence-corrected chi connectivity index (χ0v) is 16.0. The number of rotatable bonds is 5. The molecule has 2 aromatic rings. The van der Waals surface area contributed by atoms with Crippen LogP contribution in [0.1, 0.15) is 33.8 Å². The van der Waals surface area contributed by atoms with Crippen molar-refractivity contribution in [2.24, 2.45) is 5.92 Å². The van der Waals surface area contributed by atoms with Gasteiger partial charge in [-0.25, -0.2) is 4.39 Å². The number of benzene rings is 2. The molecule has 0 bridgehead atoms. The molecule has 1 heterocycles. The second kappa shape index (κ2) is 8.83. The molecule has 1 aliphatic rings. The average molecular weight is 380 g/mol. The molecule has 0 spiro atoms. The van der Waals surface area contributed by atoms with Gasteiger partial charge in [0.1, 0.15) is 5.82 Å². The van der Waals surface area contributed by atoms with Crippen molar-refractivity contribution in [2.45, 2.75) is 19.3 Å². The summed E-state index contributed by atoms with van der Waals surface area (Å²) in [5.41, 5.74) is 2.12. The first-order valence-corrected chi connectivity index (χ1v) is 9.48. The van der Waals surface area contributed by atoms with Crippen molar-refractivity contribution in [1.29, 1.82) is 0 Å². The van der Waals surface area contributed by atoms with Crippen molar-refractivity contribution in [2.75, 3.05) is 19.6 Å². The van der Waals surface area contributed by atoms with E-state index in [0.29, 0.717) is 37.2 Å². The topological polar surface area (TPSA) is 49.4 Å². The third-order valence-electron chi connectivity index (χ3n) is 5.20. The fourth-order valence-electron chi connectivity index (χ4n) is 3.70. The van der Waals surface area contributed by atoms with Gasteiger partial charge in [0.15, 0.2) is 0 Å². The molecule has 1 saturated heterocycles. The van der Waals surface area contributed by atoms with Gasteiger partial charge in [0.05, 0.1) is 5.92 Å². The summed E-state index contributed by atoms with van der Waals surface area (Å²) in [5.74, 6) is -0.783. The van der Waals surface area contributed by atoms with E-state index in [1.807, 2.05) is 24.3 Å². The van der Waals surface area contributed by atoms with Crippen molar-refractivity contribution in [1.82, 2.24) is 10.2 Å². The van der Waals surface area contributed by atoms with Gasteiger partial charge in [-0.3, -0.25) is 9.59 Å². The normalized spacial score (nSPS) is 19.1. The van der Waals surface area contributed by atoms with Crippen molar-refractivity contribution in [3.8, 4) is 0 Å². The lowest BCUT2D eigenvalue weighted by Crippen LogP contribution is -2.48. The van der Waals surface area contributed by atoms with Gasteiger partial charge in [-0.2, -0.15) is 0 Å². The number of likely N-dealkylation sites (tertiary alicyclic amines) is 1. The summed E-state index contributed by atoms with van der Waals surface area (Å²) in [6.07, 6.45) is 2.25. The van der Waals surface area contributed by atoms with Gasteiger partial charge in [-0.15, -0.1) is 6.58 Å². The Bertz CT molecular complexity index is 866. The third-order valence-corrected chi connectivity index (χ3v) is 5.20. The maximum absolute atomic E-state index is 13.7. The lowest BCUT2D eigenvalue weighted by atomic mass is 9.83. The second-order valence-electron chi connectivity index (χ2n) is 7.25. The van der Waals surface area contributed by atoms with Crippen LogP contribution in [0.4, 0.5) is 4.39 Å². The molecule has 0 radical (unpaired) electrons. The minimum atomic E-state index is -0.322. The summed E-state index contributed by atoms with van der Waals surface area (Å²) in [7, 11) is 0. The van der Waals surface area contributed by atoms with Crippen LogP contribution in [-0.2, 0) is 4.79 Å². The number of nitrogens with one attached hydrogen (secondary N) is 1. The van der Waals surface area contributed by atoms with Crippen LogP contribution in [0.15, 0.2) is 61.2 Å². The van der Waals surface area contributed by atoms with E-state index in [-0.39, 0.29) is 29.5 Å². The van der Waals surface area contributed by atoms with Crippen LogP contribution in [0.2, 0.25) is 0 Å². The van der Waals surface area contributed by atoms with E-state index in [9.17, 15) is 14.0 Å². The van der Waals surface area contributed by atoms with Crippen LogP contribution in [0.5, 0.6) is 0 Å². The lowest BCUT2D eigenvalue weighted by Gasteiger charge is -2.37. The maximum atomic E-state index is 13.7. The number of aryl methyl sites for hydroxylation is 1.